The van der Waals surface area contributed by atoms with E-state index in [2.05, 4.69) is 33.4 Å². The Bertz CT molecular complexity index is 805. The molecule has 0 amide bonds. The Morgan fingerprint density at radius 2 is 2.07 bits per heavy atom. The van der Waals surface area contributed by atoms with Gasteiger partial charge in [-0.3, -0.25) is 0 Å². The van der Waals surface area contributed by atoms with Gasteiger partial charge in [0.15, 0.2) is 0 Å². The van der Waals surface area contributed by atoms with Gasteiger partial charge in [0.05, 0.1) is 11.8 Å². The molecule has 144 valence electrons. The van der Waals surface area contributed by atoms with E-state index in [-0.39, 0.29) is 6.61 Å². The van der Waals surface area contributed by atoms with Crippen LogP contribution in [0.4, 0.5) is 11.8 Å². The van der Waals surface area contributed by atoms with Gasteiger partial charge in [0, 0.05) is 38.2 Å². The maximum Gasteiger partial charge on any atom is 0.224 e. The highest BCUT2D eigenvalue weighted by molar-refractivity contribution is 5.49. The van der Waals surface area contributed by atoms with Crippen LogP contribution in [0.2, 0.25) is 0 Å². The third-order valence-electron chi connectivity index (χ3n) is 5.40. The molecular formula is C21H28N4O2. The monoisotopic (exact) mass is 368 g/mol. The van der Waals surface area contributed by atoms with Crippen molar-refractivity contribution in [3.63, 3.8) is 0 Å². The van der Waals surface area contributed by atoms with Crippen LogP contribution < -0.4 is 10.2 Å². The zero-order valence-corrected chi connectivity index (χ0v) is 15.9. The molecule has 0 bridgehead atoms. The fourth-order valence-corrected chi connectivity index (χ4v) is 3.59. The molecule has 1 saturated carbocycles. The molecule has 0 radical (unpaired) electrons. The molecule has 0 spiro atoms. The number of rotatable bonds is 7. The summed E-state index contributed by atoms with van der Waals surface area (Å²) in [5.41, 5.74) is 4.73. The molecule has 0 unspecified atom stereocenters. The lowest BCUT2D eigenvalue weighted by molar-refractivity contribution is 0.199. The van der Waals surface area contributed by atoms with Crippen molar-refractivity contribution in [2.45, 2.75) is 51.2 Å². The first kappa shape index (κ1) is 18.2. The summed E-state index contributed by atoms with van der Waals surface area (Å²) in [6.07, 6.45) is 3.62. The van der Waals surface area contributed by atoms with Crippen LogP contribution in [0.15, 0.2) is 24.3 Å². The summed E-state index contributed by atoms with van der Waals surface area (Å²) in [4.78, 5) is 11.7. The van der Waals surface area contributed by atoms with Crippen molar-refractivity contribution in [3.05, 3.63) is 46.6 Å². The number of anilines is 2. The van der Waals surface area contributed by atoms with Gasteiger partial charge in [-0.2, -0.15) is 4.98 Å². The second kappa shape index (κ2) is 7.82. The van der Waals surface area contributed by atoms with Crippen molar-refractivity contribution in [2.24, 2.45) is 0 Å². The molecule has 3 N–H and O–H groups in total. The van der Waals surface area contributed by atoms with Crippen LogP contribution in [0, 0.1) is 0 Å². The molecule has 1 fully saturated rings. The summed E-state index contributed by atoms with van der Waals surface area (Å²) in [6.45, 7) is 4.39. The Hall–Kier alpha value is -2.18. The van der Waals surface area contributed by atoms with Gasteiger partial charge in [0.1, 0.15) is 5.82 Å². The lowest BCUT2D eigenvalue weighted by Gasteiger charge is -2.30. The first-order valence-corrected chi connectivity index (χ1v) is 9.92. The van der Waals surface area contributed by atoms with Crippen molar-refractivity contribution < 1.29 is 10.2 Å². The second-order valence-electron chi connectivity index (χ2n) is 7.63. The first-order chi connectivity index (χ1) is 13.1. The zero-order valence-electron chi connectivity index (χ0n) is 15.9. The third kappa shape index (κ3) is 4.22. The minimum atomic E-state index is -0.427. The van der Waals surface area contributed by atoms with Crippen LogP contribution in [0.1, 0.15) is 60.6 Å². The van der Waals surface area contributed by atoms with E-state index < -0.39 is 6.10 Å². The molecule has 4 rings (SSSR count). The van der Waals surface area contributed by atoms with E-state index >= 15 is 0 Å². The average molecular weight is 368 g/mol. The summed E-state index contributed by atoms with van der Waals surface area (Å²) in [6, 6.07) is 8.43. The van der Waals surface area contributed by atoms with Crippen molar-refractivity contribution in [3.8, 4) is 0 Å². The highest BCUT2D eigenvalue weighted by atomic mass is 16.3. The van der Waals surface area contributed by atoms with Gasteiger partial charge < -0.3 is 20.4 Å². The number of aromatic nitrogens is 2. The van der Waals surface area contributed by atoms with Gasteiger partial charge in [-0.25, -0.2) is 4.98 Å². The predicted molar refractivity (Wildman–Crippen MR) is 106 cm³/mol. The smallest absolute Gasteiger partial charge is 0.224 e. The zero-order chi connectivity index (χ0) is 18.8. The number of nitrogens with one attached hydrogen (secondary N) is 1. The van der Waals surface area contributed by atoms with Crippen LogP contribution in [0.3, 0.4) is 0 Å². The molecule has 1 aliphatic heterocycles. The normalized spacial score (nSPS) is 17.5. The van der Waals surface area contributed by atoms with Crippen LogP contribution in [0.5, 0.6) is 0 Å². The minimum absolute atomic E-state index is 0.166. The van der Waals surface area contributed by atoms with Gasteiger partial charge in [-0.15, -0.1) is 0 Å². The first-order valence-electron chi connectivity index (χ1n) is 9.92. The van der Waals surface area contributed by atoms with E-state index in [9.17, 15) is 5.11 Å². The number of hydrogen-bond donors (Lipinski definition) is 3. The highest BCUT2D eigenvalue weighted by Crippen LogP contribution is 2.40. The summed E-state index contributed by atoms with van der Waals surface area (Å²) in [5.74, 6) is 2.21. The van der Waals surface area contributed by atoms with Crippen LogP contribution in [-0.2, 0) is 13.0 Å². The summed E-state index contributed by atoms with van der Waals surface area (Å²) in [7, 11) is 0. The van der Waals surface area contributed by atoms with E-state index in [4.69, 9.17) is 10.1 Å². The van der Waals surface area contributed by atoms with Gasteiger partial charge in [-0.1, -0.05) is 18.2 Å². The lowest BCUT2D eigenvalue weighted by Crippen LogP contribution is -2.31. The molecule has 1 aromatic carbocycles. The minimum Gasteiger partial charge on any atom is -0.396 e. The predicted octanol–water partition coefficient (Wildman–Crippen LogP) is 2.76. The molecule has 1 atom stereocenters. The highest BCUT2D eigenvalue weighted by Gasteiger charge is 2.27. The van der Waals surface area contributed by atoms with Crippen molar-refractivity contribution in [1.82, 2.24) is 9.97 Å². The molecule has 6 heteroatoms. The largest absolute Gasteiger partial charge is 0.396 e. The topological polar surface area (TPSA) is 81.5 Å². The molecule has 2 aliphatic rings. The molecule has 1 aromatic heterocycles. The quantitative estimate of drug-likeness (QED) is 0.652. The second-order valence-corrected chi connectivity index (χ2v) is 7.63. The summed E-state index contributed by atoms with van der Waals surface area (Å²) in [5, 5.41) is 22.1. The van der Waals surface area contributed by atoms with Gasteiger partial charge in [-0.05, 0) is 49.3 Å². The SMILES string of the molecule is C[C@@H](O)c1ccc2c(c1)CCN(c1cc(C3CC3)nc(NCCCO)n1)C2. The number of nitrogens with zero attached hydrogens (tertiary/aromatic N) is 3. The molecule has 27 heavy (non-hydrogen) atoms. The van der Waals surface area contributed by atoms with Crippen molar-refractivity contribution in [2.75, 3.05) is 29.9 Å². The lowest BCUT2D eigenvalue weighted by atomic mass is 9.96. The van der Waals surface area contributed by atoms with Crippen LogP contribution in [-0.4, -0.2) is 39.9 Å². The van der Waals surface area contributed by atoms with Gasteiger partial charge in [0.25, 0.3) is 0 Å². The number of aliphatic hydroxyl groups is 2. The Morgan fingerprint density at radius 1 is 1.22 bits per heavy atom. The Labute approximate surface area is 160 Å². The maximum atomic E-state index is 9.81. The maximum absolute atomic E-state index is 9.81. The Morgan fingerprint density at radius 3 is 2.81 bits per heavy atom. The molecule has 2 aromatic rings. The number of benzene rings is 1. The van der Waals surface area contributed by atoms with E-state index in [1.165, 1.54) is 24.0 Å². The molecule has 0 saturated heterocycles. The van der Waals surface area contributed by atoms with E-state index in [1.54, 1.807) is 0 Å². The van der Waals surface area contributed by atoms with Crippen LogP contribution >= 0.6 is 0 Å². The molecule has 1 aliphatic carbocycles. The molecule has 2 heterocycles. The summed E-state index contributed by atoms with van der Waals surface area (Å²) < 4.78 is 0. The molecule has 6 nitrogen and oxygen atoms in total. The fraction of sp³-hybridized carbons (Fsp3) is 0.524. The molecular weight excluding hydrogens is 340 g/mol. The van der Waals surface area contributed by atoms with E-state index in [1.807, 2.05) is 13.0 Å². The van der Waals surface area contributed by atoms with E-state index in [0.29, 0.717) is 24.8 Å². The third-order valence-corrected chi connectivity index (χ3v) is 5.40. The Balaban J connectivity index is 1.55. The summed E-state index contributed by atoms with van der Waals surface area (Å²) >= 11 is 0. The number of hydrogen-bond acceptors (Lipinski definition) is 6. The average Bonchev–Trinajstić information content (AvgIpc) is 3.52. The Kier molecular flexibility index (Phi) is 5.27. The van der Waals surface area contributed by atoms with E-state index in [0.717, 1.165) is 36.6 Å². The van der Waals surface area contributed by atoms with Gasteiger partial charge in [0.2, 0.25) is 5.95 Å². The van der Waals surface area contributed by atoms with Gasteiger partial charge >= 0.3 is 0 Å². The standard InChI is InChI=1S/C21H28N4O2/c1-14(27)16-5-6-18-13-25(9-7-17(18)11-16)20-12-19(15-3-4-15)23-21(24-20)22-8-2-10-26/h5-6,11-12,14-15,26-27H,2-4,7-10,13H2,1H3,(H,22,23,24)/t14-/m1/s1. The van der Waals surface area contributed by atoms with Crippen LogP contribution in [0.25, 0.3) is 0 Å². The van der Waals surface area contributed by atoms with Crippen molar-refractivity contribution in [1.29, 1.82) is 0 Å². The number of aliphatic hydroxyl groups excluding tert-OH is 2. The number of fused-ring (bicyclic) bond motifs is 1. The van der Waals surface area contributed by atoms with Crippen molar-refractivity contribution >= 4 is 11.8 Å². The fourth-order valence-electron chi connectivity index (χ4n) is 3.59.